The van der Waals surface area contributed by atoms with Crippen LogP contribution in [0.4, 0.5) is 14.6 Å². The summed E-state index contributed by atoms with van der Waals surface area (Å²) < 4.78 is 27.9. The number of phenolic OH excluding ortho intramolecular Hbond substituents is 1. The summed E-state index contributed by atoms with van der Waals surface area (Å²) in [5.41, 5.74) is 6.21. The Bertz CT molecular complexity index is 1100. The summed E-state index contributed by atoms with van der Waals surface area (Å²) in [6.07, 6.45) is 0.911. The van der Waals surface area contributed by atoms with Crippen LogP contribution in [0.3, 0.4) is 0 Å². The molecule has 3 aromatic rings. The number of amides is 1. The van der Waals surface area contributed by atoms with E-state index in [1.54, 1.807) is 24.3 Å². The molecular weight excluding hydrogens is 404 g/mol. The maximum atomic E-state index is 14.3. The molecule has 1 fully saturated rings. The number of rotatable bonds is 7. The third-order valence-electron chi connectivity index (χ3n) is 5.47. The van der Waals surface area contributed by atoms with Crippen molar-refractivity contribution in [2.45, 2.75) is 30.8 Å². The molecule has 1 amide bonds. The number of pyridine rings is 1. The number of nitrogens with zero attached hydrogens (tertiary/aromatic N) is 3. The normalized spacial score (nSPS) is 20.1. The van der Waals surface area contributed by atoms with Crippen LogP contribution in [0, 0.1) is 5.82 Å². The number of carbonyl (C=O) groups excluding carboxylic acids is 1. The Labute approximate surface area is 177 Å². The summed E-state index contributed by atoms with van der Waals surface area (Å²) in [5.74, 6) is -0.512. The van der Waals surface area contributed by atoms with Crippen molar-refractivity contribution in [1.82, 2.24) is 15.2 Å². The minimum absolute atomic E-state index is 0.00346. The molecule has 0 bridgehead atoms. The van der Waals surface area contributed by atoms with Gasteiger partial charge in [-0.25, -0.2) is 8.78 Å². The van der Waals surface area contributed by atoms with Crippen molar-refractivity contribution in [2.24, 2.45) is 5.73 Å². The Balaban J connectivity index is 1.50. The standard InChI is InChI=1S/C22H21F2N5O2/c23-14-10-22(11-14,21-16(24)2-1-7-26-21)12-27-20-6-4-17(28-29-20)15-8-13(9-19(25)31)3-5-18(15)30/h1-8,14,30H,9-12H2,(H2,25,31)(H,27,29). The third-order valence-corrected chi connectivity index (χ3v) is 5.47. The van der Waals surface area contributed by atoms with Crippen LogP contribution in [-0.4, -0.2) is 38.9 Å². The highest BCUT2D eigenvalue weighted by Crippen LogP contribution is 2.45. The van der Waals surface area contributed by atoms with Crippen LogP contribution >= 0.6 is 0 Å². The van der Waals surface area contributed by atoms with Crippen LogP contribution in [0.15, 0.2) is 48.7 Å². The smallest absolute Gasteiger partial charge is 0.221 e. The Kier molecular flexibility index (Phi) is 5.50. The molecule has 0 atom stereocenters. The van der Waals surface area contributed by atoms with Gasteiger partial charge in [0.2, 0.25) is 5.91 Å². The fourth-order valence-corrected chi connectivity index (χ4v) is 3.91. The van der Waals surface area contributed by atoms with Gasteiger partial charge < -0.3 is 16.2 Å². The van der Waals surface area contributed by atoms with Crippen LogP contribution in [-0.2, 0) is 16.6 Å². The SMILES string of the molecule is NC(=O)Cc1ccc(O)c(-c2ccc(NCC3(c4ncccc4F)CC(F)C3)nn2)c1. The zero-order valence-corrected chi connectivity index (χ0v) is 16.6. The largest absolute Gasteiger partial charge is 0.507 e. The van der Waals surface area contributed by atoms with Crippen LogP contribution < -0.4 is 11.1 Å². The molecule has 0 spiro atoms. The molecule has 0 unspecified atom stereocenters. The van der Waals surface area contributed by atoms with Crippen molar-refractivity contribution in [3.63, 3.8) is 0 Å². The van der Waals surface area contributed by atoms with Crippen molar-refractivity contribution >= 4 is 11.7 Å². The fraction of sp³-hybridized carbons (Fsp3) is 0.273. The van der Waals surface area contributed by atoms with Gasteiger partial charge in [-0.05, 0) is 54.8 Å². The number of anilines is 1. The van der Waals surface area contributed by atoms with Gasteiger partial charge in [-0.1, -0.05) is 6.07 Å². The number of aromatic nitrogens is 3. The fourth-order valence-electron chi connectivity index (χ4n) is 3.91. The number of nitrogens with two attached hydrogens (primary N) is 1. The second-order valence-electron chi connectivity index (χ2n) is 7.77. The van der Waals surface area contributed by atoms with Crippen molar-refractivity contribution < 1.29 is 18.7 Å². The summed E-state index contributed by atoms with van der Waals surface area (Å²) in [5, 5.41) is 21.5. The first-order valence-electron chi connectivity index (χ1n) is 9.79. The number of carbonyl (C=O) groups is 1. The molecule has 2 heterocycles. The number of alkyl halides is 1. The predicted molar refractivity (Wildman–Crippen MR) is 111 cm³/mol. The van der Waals surface area contributed by atoms with E-state index in [0.29, 0.717) is 22.6 Å². The van der Waals surface area contributed by atoms with Gasteiger partial charge in [0.1, 0.15) is 23.6 Å². The lowest BCUT2D eigenvalue weighted by molar-refractivity contribution is -0.117. The molecule has 4 rings (SSSR count). The van der Waals surface area contributed by atoms with E-state index >= 15 is 0 Å². The molecule has 2 aromatic heterocycles. The van der Waals surface area contributed by atoms with E-state index in [0.717, 1.165) is 0 Å². The van der Waals surface area contributed by atoms with E-state index in [-0.39, 0.29) is 37.3 Å². The quantitative estimate of drug-likeness (QED) is 0.536. The van der Waals surface area contributed by atoms with Gasteiger partial charge in [0.15, 0.2) is 0 Å². The van der Waals surface area contributed by atoms with Crippen molar-refractivity contribution in [3.05, 3.63) is 65.7 Å². The summed E-state index contributed by atoms with van der Waals surface area (Å²) in [6, 6.07) is 10.9. The minimum Gasteiger partial charge on any atom is -0.507 e. The molecule has 1 aliphatic rings. The van der Waals surface area contributed by atoms with E-state index in [9.17, 15) is 18.7 Å². The first-order valence-corrected chi connectivity index (χ1v) is 9.79. The molecule has 0 aliphatic heterocycles. The van der Waals surface area contributed by atoms with Crippen LogP contribution in [0.1, 0.15) is 24.1 Å². The summed E-state index contributed by atoms with van der Waals surface area (Å²) in [7, 11) is 0. The maximum absolute atomic E-state index is 14.3. The van der Waals surface area contributed by atoms with E-state index in [2.05, 4.69) is 20.5 Å². The van der Waals surface area contributed by atoms with Gasteiger partial charge in [-0.15, -0.1) is 10.2 Å². The monoisotopic (exact) mass is 425 g/mol. The number of hydrogen-bond donors (Lipinski definition) is 3. The number of hydrogen-bond acceptors (Lipinski definition) is 6. The molecule has 9 heteroatoms. The maximum Gasteiger partial charge on any atom is 0.221 e. The summed E-state index contributed by atoms with van der Waals surface area (Å²) in [4.78, 5) is 15.3. The van der Waals surface area contributed by atoms with E-state index < -0.39 is 23.3 Å². The molecule has 1 saturated carbocycles. The van der Waals surface area contributed by atoms with Crippen LogP contribution in [0.2, 0.25) is 0 Å². The molecule has 31 heavy (non-hydrogen) atoms. The van der Waals surface area contributed by atoms with Crippen molar-refractivity contribution in [3.8, 4) is 17.0 Å². The summed E-state index contributed by atoms with van der Waals surface area (Å²) in [6.45, 7) is 0.259. The topological polar surface area (TPSA) is 114 Å². The average Bonchev–Trinajstić information content (AvgIpc) is 2.72. The molecule has 160 valence electrons. The zero-order chi connectivity index (χ0) is 22.0. The van der Waals surface area contributed by atoms with Gasteiger partial charge in [-0.2, -0.15) is 0 Å². The Hall–Kier alpha value is -3.62. The highest BCUT2D eigenvalue weighted by atomic mass is 19.1. The van der Waals surface area contributed by atoms with Gasteiger partial charge in [-0.3, -0.25) is 9.78 Å². The van der Waals surface area contributed by atoms with E-state index in [4.69, 9.17) is 5.73 Å². The lowest BCUT2D eigenvalue weighted by Crippen LogP contribution is -2.49. The lowest BCUT2D eigenvalue weighted by Gasteiger charge is -2.44. The second-order valence-corrected chi connectivity index (χ2v) is 7.77. The number of benzene rings is 1. The first-order chi connectivity index (χ1) is 14.9. The molecule has 0 saturated heterocycles. The lowest BCUT2D eigenvalue weighted by atomic mass is 9.65. The predicted octanol–water partition coefficient (Wildman–Crippen LogP) is 2.89. The Morgan fingerprint density at radius 2 is 2.03 bits per heavy atom. The second kappa shape index (κ2) is 8.25. The molecule has 1 aliphatic carbocycles. The molecule has 1 aromatic carbocycles. The Morgan fingerprint density at radius 3 is 2.68 bits per heavy atom. The number of primary amides is 1. The Morgan fingerprint density at radius 1 is 1.23 bits per heavy atom. The minimum atomic E-state index is -0.993. The molecule has 0 radical (unpaired) electrons. The average molecular weight is 425 g/mol. The summed E-state index contributed by atoms with van der Waals surface area (Å²) >= 11 is 0. The van der Waals surface area contributed by atoms with Gasteiger partial charge >= 0.3 is 0 Å². The van der Waals surface area contributed by atoms with E-state index in [1.807, 2.05) is 0 Å². The van der Waals surface area contributed by atoms with Gasteiger partial charge in [0.25, 0.3) is 0 Å². The van der Waals surface area contributed by atoms with Gasteiger partial charge in [0.05, 0.1) is 17.8 Å². The number of halogens is 2. The number of nitrogens with one attached hydrogen (secondary N) is 1. The zero-order valence-electron chi connectivity index (χ0n) is 16.6. The molecule has 4 N–H and O–H groups in total. The molecule has 7 nitrogen and oxygen atoms in total. The third kappa shape index (κ3) is 4.30. The van der Waals surface area contributed by atoms with Gasteiger partial charge in [0, 0.05) is 23.7 Å². The number of phenols is 1. The first kappa shape index (κ1) is 20.6. The van der Waals surface area contributed by atoms with Crippen LogP contribution in [0.5, 0.6) is 5.75 Å². The highest BCUT2D eigenvalue weighted by molar-refractivity contribution is 5.78. The van der Waals surface area contributed by atoms with Crippen LogP contribution in [0.25, 0.3) is 11.3 Å². The molecular formula is C22H21F2N5O2. The highest BCUT2D eigenvalue weighted by Gasteiger charge is 2.48. The van der Waals surface area contributed by atoms with E-state index in [1.165, 1.54) is 24.4 Å². The van der Waals surface area contributed by atoms with Crippen molar-refractivity contribution in [1.29, 1.82) is 0 Å². The number of aromatic hydroxyl groups is 1. The van der Waals surface area contributed by atoms with Crippen molar-refractivity contribution in [2.75, 3.05) is 11.9 Å².